The molecule has 0 aromatic carbocycles. The molecule has 19 heavy (non-hydrogen) atoms. The Morgan fingerprint density at radius 3 is 2.89 bits per heavy atom. The summed E-state index contributed by atoms with van der Waals surface area (Å²) in [6.07, 6.45) is 5.62. The van der Waals surface area contributed by atoms with Gasteiger partial charge in [-0.2, -0.15) is 0 Å². The highest BCUT2D eigenvalue weighted by Gasteiger charge is 2.14. The number of aromatic nitrogens is 2. The van der Waals surface area contributed by atoms with Gasteiger partial charge in [-0.3, -0.25) is 4.79 Å². The maximum Gasteiger partial charge on any atom is 0.246 e. The van der Waals surface area contributed by atoms with Crippen LogP contribution >= 0.6 is 23.4 Å². The van der Waals surface area contributed by atoms with Gasteiger partial charge in [0.15, 0.2) is 5.16 Å². The zero-order valence-corrected chi connectivity index (χ0v) is 12.0. The third-order valence-corrected chi connectivity index (χ3v) is 3.67. The molecule has 1 amide bonds. The molecule has 2 N–H and O–H groups in total. The molecular formula is C12H15ClN4OS. The Bertz CT molecular complexity index is 468. The van der Waals surface area contributed by atoms with Gasteiger partial charge >= 0.3 is 0 Å². The maximum absolute atomic E-state index is 11.7. The fraction of sp³-hybridized carbons (Fsp3) is 0.417. The van der Waals surface area contributed by atoms with Crippen LogP contribution in [0.3, 0.4) is 0 Å². The van der Waals surface area contributed by atoms with Crippen molar-refractivity contribution in [2.45, 2.75) is 18.0 Å². The van der Waals surface area contributed by atoms with Crippen LogP contribution in [-0.4, -0.2) is 39.6 Å². The molecule has 2 rings (SSSR count). The lowest BCUT2D eigenvalue weighted by Crippen LogP contribution is -2.25. The van der Waals surface area contributed by atoms with E-state index in [0.29, 0.717) is 21.9 Å². The van der Waals surface area contributed by atoms with Crippen LogP contribution in [0.25, 0.3) is 0 Å². The largest absolute Gasteiger partial charge is 0.384 e. The van der Waals surface area contributed by atoms with Crippen molar-refractivity contribution < 1.29 is 4.79 Å². The molecule has 1 saturated heterocycles. The van der Waals surface area contributed by atoms with Crippen LogP contribution < -0.4 is 5.73 Å². The number of thioether (sulfide) groups is 1. The van der Waals surface area contributed by atoms with Gasteiger partial charge in [-0.05, 0) is 18.9 Å². The van der Waals surface area contributed by atoms with Crippen LogP contribution in [0.4, 0.5) is 5.82 Å². The highest BCUT2D eigenvalue weighted by Crippen LogP contribution is 2.17. The molecule has 7 heteroatoms. The number of carbonyl (C=O) groups excluding carboxylic acids is 1. The SMILES string of the molecule is Nc1cc(Cl)nc(SC/C=C/C(=O)N2CCCC2)n1. The minimum absolute atomic E-state index is 0.0737. The number of hydrogen-bond donors (Lipinski definition) is 1. The maximum atomic E-state index is 11.7. The van der Waals surface area contributed by atoms with E-state index >= 15 is 0 Å². The highest BCUT2D eigenvalue weighted by atomic mass is 35.5. The number of amides is 1. The van der Waals surface area contributed by atoms with Gasteiger partial charge in [0.05, 0.1) is 0 Å². The average molecular weight is 299 g/mol. The van der Waals surface area contributed by atoms with E-state index in [1.807, 2.05) is 11.0 Å². The lowest BCUT2D eigenvalue weighted by Gasteiger charge is -2.11. The molecule has 1 aliphatic rings. The van der Waals surface area contributed by atoms with Crippen molar-refractivity contribution in [1.82, 2.24) is 14.9 Å². The van der Waals surface area contributed by atoms with Crippen molar-refractivity contribution in [3.8, 4) is 0 Å². The van der Waals surface area contributed by atoms with E-state index in [4.69, 9.17) is 17.3 Å². The third kappa shape index (κ3) is 4.40. The van der Waals surface area contributed by atoms with Crippen molar-refractivity contribution >= 4 is 35.1 Å². The first-order valence-corrected chi connectivity index (χ1v) is 7.40. The topological polar surface area (TPSA) is 72.1 Å². The molecule has 1 aromatic rings. The molecule has 0 atom stereocenters. The van der Waals surface area contributed by atoms with Crippen molar-refractivity contribution in [2.75, 3.05) is 24.6 Å². The fourth-order valence-corrected chi connectivity index (χ4v) is 2.71. The minimum atomic E-state index is 0.0737. The van der Waals surface area contributed by atoms with Gasteiger partial charge < -0.3 is 10.6 Å². The Labute approximate surface area is 121 Å². The van der Waals surface area contributed by atoms with Crippen LogP contribution in [0, 0.1) is 0 Å². The third-order valence-electron chi connectivity index (χ3n) is 2.68. The molecule has 0 aliphatic carbocycles. The van der Waals surface area contributed by atoms with Crippen LogP contribution in [0.15, 0.2) is 23.4 Å². The molecule has 0 radical (unpaired) electrons. The number of anilines is 1. The summed E-state index contributed by atoms with van der Waals surface area (Å²) in [6.45, 7) is 1.73. The number of likely N-dealkylation sites (tertiary alicyclic amines) is 1. The molecule has 5 nitrogen and oxygen atoms in total. The molecule has 1 aliphatic heterocycles. The van der Waals surface area contributed by atoms with Crippen molar-refractivity contribution in [2.24, 2.45) is 0 Å². The lowest BCUT2D eigenvalue weighted by atomic mass is 10.4. The Kier molecular flexibility index (Phi) is 5.04. The van der Waals surface area contributed by atoms with E-state index in [1.54, 1.807) is 6.08 Å². The molecule has 1 aromatic heterocycles. The summed E-state index contributed by atoms with van der Waals surface area (Å²) in [5, 5.41) is 0.843. The highest BCUT2D eigenvalue weighted by molar-refractivity contribution is 7.99. The number of rotatable bonds is 4. The Hall–Kier alpha value is -1.27. The van der Waals surface area contributed by atoms with Gasteiger partial charge in [-0.25, -0.2) is 9.97 Å². The summed E-state index contributed by atoms with van der Waals surface area (Å²) in [4.78, 5) is 21.7. The fourth-order valence-electron chi connectivity index (χ4n) is 1.79. The second-order valence-corrected chi connectivity index (χ2v) is 5.52. The van der Waals surface area contributed by atoms with E-state index in [0.717, 1.165) is 25.9 Å². The average Bonchev–Trinajstić information content (AvgIpc) is 2.87. The lowest BCUT2D eigenvalue weighted by molar-refractivity contribution is -0.124. The van der Waals surface area contributed by atoms with E-state index in [9.17, 15) is 4.79 Å². The molecule has 0 unspecified atom stereocenters. The van der Waals surface area contributed by atoms with Crippen molar-refractivity contribution in [3.63, 3.8) is 0 Å². The molecular weight excluding hydrogens is 284 g/mol. The van der Waals surface area contributed by atoms with Crippen LogP contribution in [0.5, 0.6) is 0 Å². The van der Waals surface area contributed by atoms with E-state index < -0.39 is 0 Å². The number of halogens is 1. The minimum Gasteiger partial charge on any atom is -0.384 e. The van der Waals surface area contributed by atoms with Crippen LogP contribution in [0.2, 0.25) is 5.15 Å². The zero-order valence-electron chi connectivity index (χ0n) is 10.4. The van der Waals surface area contributed by atoms with Gasteiger partial charge in [0, 0.05) is 24.9 Å². The molecule has 1 fully saturated rings. The van der Waals surface area contributed by atoms with E-state index in [-0.39, 0.29) is 5.91 Å². The number of hydrogen-bond acceptors (Lipinski definition) is 5. The second-order valence-electron chi connectivity index (χ2n) is 4.14. The first-order valence-electron chi connectivity index (χ1n) is 6.03. The van der Waals surface area contributed by atoms with Gasteiger partial charge in [0.25, 0.3) is 0 Å². The van der Waals surface area contributed by atoms with Crippen LogP contribution in [0.1, 0.15) is 12.8 Å². The van der Waals surface area contributed by atoms with E-state index in [2.05, 4.69) is 9.97 Å². The van der Waals surface area contributed by atoms with Gasteiger partial charge in [0.1, 0.15) is 11.0 Å². The van der Waals surface area contributed by atoms with Gasteiger partial charge in [-0.15, -0.1) is 0 Å². The second kappa shape index (κ2) is 6.77. The normalized spacial score (nSPS) is 15.3. The zero-order chi connectivity index (χ0) is 13.7. The number of nitrogens with two attached hydrogens (primary N) is 1. The van der Waals surface area contributed by atoms with Gasteiger partial charge in [-0.1, -0.05) is 29.4 Å². The van der Waals surface area contributed by atoms with Crippen LogP contribution in [-0.2, 0) is 4.79 Å². The molecule has 0 spiro atoms. The number of nitrogens with zero attached hydrogens (tertiary/aromatic N) is 3. The Morgan fingerprint density at radius 1 is 1.47 bits per heavy atom. The molecule has 102 valence electrons. The Balaban J connectivity index is 1.80. The molecule has 0 bridgehead atoms. The number of nitrogen functional groups attached to an aromatic ring is 1. The Morgan fingerprint density at radius 2 is 2.21 bits per heavy atom. The van der Waals surface area contributed by atoms with E-state index in [1.165, 1.54) is 17.8 Å². The predicted octanol–water partition coefficient (Wildman–Crippen LogP) is 1.98. The summed E-state index contributed by atoms with van der Waals surface area (Å²) in [5.74, 6) is 1.03. The summed E-state index contributed by atoms with van der Waals surface area (Å²) in [7, 11) is 0. The quantitative estimate of drug-likeness (QED) is 0.398. The van der Waals surface area contributed by atoms with Crippen molar-refractivity contribution in [3.05, 3.63) is 23.4 Å². The number of carbonyl (C=O) groups is 1. The summed E-state index contributed by atoms with van der Waals surface area (Å²) < 4.78 is 0. The van der Waals surface area contributed by atoms with Gasteiger partial charge in [0.2, 0.25) is 5.91 Å². The predicted molar refractivity (Wildman–Crippen MR) is 77.1 cm³/mol. The first-order chi connectivity index (χ1) is 9.15. The summed E-state index contributed by atoms with van der Waals surface area (Å²) >= 11 is 7.17. The first kappa shape index (κ1) is 14.1. The monoisotopic (exact) mass is 298 g/mol. The summed E-state index contributed by atoms with van der Waals surface area (Å²) in [6, 6.07) is 1.50. The summed E-state index contributed by atoms with van der Waals surface area (Å²) in [5.41, 5.74) is 5.57. The molecule has 0 saturated carbocycles. The molecule has 2 heterocycles. The van der Waals surface area contributed by atoms with Crippen molar-refractivity contribution in [1.29, 1.82) is 0 Å². The smallest absolute Gasteiger partial charge is 0.246 e. The standard InChI is InChI=1S/C12H15ClN4OS/c13-9-8-10(14)16-12(15-9)19-7-3-4-11(18)17-5-1-2-6-17/h3-4,8H,1-2,5-7H2,(H2,14,15,16)/b4-3+.